The first-order valence-corrected chi connectivity index (χ1v) is 12.0. The van der Waals surface area contributed by atoms with Crippen molar-refractivity contribution in [2.45, 2.75) is 64.0 Å². The van der Waals surface area contributed by atoms with E-state index in [0.717, 1.165) is 22.5 Å². The molecule has 1 saturated carbocycles. The fourth-order valence-corrected chi connectivity index (χ4v) is 5.05. The number of benzene rings is 1. The van der Waals surface area contributed by atoms with E-state index in [1.807, 2.05) is 37.6 Å². The lowest BCUT2D eigenvalue weighted by atomic mass is 9.96. The molecule has 2 amide bonds. The van der Waals surface area contributed by atoms with E-state index in [2.05, 4.69) is 12.6 Å². The predicted molar refractivity (Wildman–Crippen MR) is 127 cm³/mol. The van der Waals surface area contributed by atoms with Crippen molar-refractivity contribution in [2.75, 3.05) is 19.6 Å². The number of phenols is 1. The van der Waals surface area contributed by atoms with Gasteiger partial charge in [-0.15, -0.1) is 0 Å². The van der Waals surface area contributed by atoms with Crippen LogP contribution in [0.5, 0.6) is 5.75 Å². The molecule has 3 heterocycles. The number of phenolic OH excluding ortho intramolecular Hbond substituents is 1. The van der Waals surface area contributed by atoms with Crippen LogP contribution in [0.15, 0.2) is 30.9 Å². The highest BCUT2D eigenvalue weighted by Gasteiger charge is 2.41. The van der Waals surface area contributed by atoms with Crippen LogP contribution in [-0.4, -0.2) is 61.9 Å². The van der Waals surface area contributed by atoms with Gasteiger partial charge >= 0.3 is 6.09 Å². The maximum atomic E-state index is 13.1. The lowest BCUT2D eigenvalue weighted by molar-refractivity contribution is -0.126. The van der Waals surface area contributed by atoms with Crippen molar-refractivity contribution in [2.24, 2.45) is 0 Å². The highest BCUT2D eigenvalue weighted by atomic mass is 16.6. The Morgan fingerprint density at radius 3 is 2.62 bits per heavy atom. The molecule has 1 aromatic heterocycles. The number of aromatic nitrogens is 2. The minimum atomic E-state index is -0.624. The van der Waals surface area contributed by atoms with Gasteiger partial charge in [0, 0.05) is 38.0 Å². The third-order valence-electron chi connectivity index (χ3n) is 6.80. The summed E-state index contributed by atoms with van der Waals surface area (Å²) in [6.07, 6.45) is 4.40. The molecule has 2 aliphatic heterocycles. The van der Waals surface area contributed by atoms with Crippen LogP contribution in [0.3, 0.4) is 0 Å². The highest BCUT2D eigenvalue weighted by molar-refractivity contribution is 5.87. The number of nitrogens with zero attached hydrogens (tertiary/aromatic N) is 4. The largest absolute Gasteiger partial charge is 0.506 e. The molecule has 5 rings (SSSR count). The van der Waals surface area contributed by atoms with Crippen molar-refractivity contribution in [1.82, 2.24) is 19.6 Å². The van der Waals surface area contributed by atoms with Crippen LogP contribution >= 0.6 is 0 Å². The zero-order chi connectivity index (χ0) is 24.2. The molecule has 0 spiro atoms. The SMILES string of the molecule is C=CC(=O)N1CCc2nn(-c3ccc(C4CC4)cc3O)c3c2[C@H](C1)N(C(=O)OC(C)(C)C)CC3. The van der Waals surface area contributed by atoms with Crippen LogP contribution in [0.2, 0.25) is 0 Å². The third kappa shape index (κ3) is 4.06. The van der Waals surface area contributed by atoms with Crippen LogP contribution in [0.4, 0.5) is 4.79 Å². The first kappa shape index (κ1) is 22.5. The molecule has 1 N–H and O–H groups in total. The predicted octanol–water partition coefficient (Wildman–Crippen LogP) is 3.86. The number of amides is 2. The first-order valence-electron chi connectivity index (χ1n) is 12.0. The fourth-order valence-electron chi connectivity index (χ4n) is 5.05. The van der Waals surface area contributed by atoms with Crippen LogP contribution in [0.1, 0.15) is 68.1 Å². The van der Waals surface area contributed by atoms with Crippen LogP contribution in [-0.2, 0) is 22.4 Å². The quantitative estimate of drug-likeness (QED) is 0.697. The van der Waals surface area contributed by atoms with E-state index in [1.54, 1.807) is 9.80 Å². The van der Waals surface area contributed by atoms with Gasteiger partial charge in [-0.25, -0.2) is 9.48 Å². The Morgan fingerprint density at radius 1 is 1.21 bits per heavy atom. The van der Waals surface area contributed by atoms with Crippen molar-refractivity contribution >= 4 is 12.0 Å². The second-order valence-electron chi connectivity index (χ2n) is 10.4. The summed E-state index contributed by atoms with van der Waals surface area (Å²) in [5.41, 5.74) is 3.97. The second kappa shape index (κ2) is 8.18. The van der Waals surface area contributed by atoms with Gasteiger partial charge in [-0.3, -0.25) is 9.69 Å². The topological polar surface area (TPSA) is 87.9 Å². The zero-order valence-corrected chi connectivity index (χ0v) is 20.1. The molecular formula is C26H32N4O4. The Hall–Kier alpha value is -3.29. The highest BCUT2D eigenvalue weighted by Crippen LogP contribution is 2.43. The van der Waals surface area contributed by atoms with Crippen LogP contribution in [0, 0.1) is 0 Å². The lowest BCUT2D eigenvalue weighted by Crippen LogP contribution is -2.47. The maximum Gasteiger partial charge on any atom is 0.410 e. The third-order valence-corrected chi connectivity index (χ3v) is 6.80. The molecule has 2 aromatic rings. The summed E-state index contributed by atoms with van der Waals surface area (Å²) < 4.78 is 7.53. The van der Waals surface area contributed by atoms with Gasteiger partial charge in [-0.2, -0.15) is 5.10 Å². The molecule has 8 heteroatoms. The van der Waals surface area contributed by atoms with Crippen molar-refractivity contribution < 1.29 is 19.4 Å². The van der Waals surface area contributed by atoms with Gasteiger partial charge in [-0.1, -0.05) is 12.6 Å². The van der Waals surface area contributed by atoms with E-state index in [4.69, 9.17) is 9.84 Å². The van der Waals surface area contributed by atoms with E-state index < -0.39 is 11.7 Å². The standard InChI is InChI=1S/C26H32N4O4/c1-5-23(32)28-12-10-18-24-20(11-13-29(21(24)15-28)25(33)34-26(2,3)4)30(27-18)19-9-8-17(14-22(19)31)16-6-7-16/h5,8-9,14,16,21,31H,1,6-7,10-13,15H2,2-4H3/t21-/m0/s1. The summed E-state index contributed by atoms with van der Waals surface area (Å²) in [4.78, 5) is 29.1. The van der Waals surface area contributed by atoms with Crippen LogP contribution < -0.4 is 0 Å². The summed E-state index contributed by atoms with van der Waals surface area (Å²) in [7, 11) is 0. The molecule has 0 saturated heterocycles. The molecule has 3 aliphatic rings. The Balaban J connectivity index is 1.56. The summed E-state index contributed by atoms with van der Waals surface area (Å²) in [5, 5.41) is 15.7. The van der Waals surface area contributed by atoms with Gasteiger partial charge in [0.15, 0.2) is 0 Å². The molecule has 1 atom stereocenters. The molecular weight excluding hydrogens is 432 g/mol. The molecule has 0 unspecified atom stereocenters. The molecule has 180 valence electrons. The van der Waals surface area contributed by atoms with E-state index in [9.17, 15) is 14.7 Å². The van der Waals surface area contributed by atoms with Gasteiger partial charge in [0.05, 0.1) is 17.4 Å². The number of carbonyl (C=O) groups excluding carboxylic acids is 2. The molecule has 0 bridgehead atoms. The molecule has 1 fully saturated rings. The number of carbonyl (C=O) groups is 2. The average Bonchev–Trinajstić information content (AvgIpc) is 3.58. The number of hydrogen-bond acceptors (Lipinski definition) is 5. The minimum absolute atomic E-state index is 0.164. The first-order chi connectivity index (χ1) is 16.2. The smallest absolute Gasteiger partial charge is 0.410 e. The zero-order valence-electron chi connectivity index (χ0n) is 20.1. The number of hydrogen-bond donors (Lipinski definition) is 1. The van der Waals surface area contributed by atoms with E-state index in [1.165, 1.54) is 18.9 Å². The molecule has 34 heavy (non-hydrogen) atoms. The Morgan fingerprint density at radius 2 is 1.97 bits per heavy atom. The Bertz CT molecular complexity index is 1160. The van der Waals surface area contributed by atoms with Crippen molar-refractivity contribution in [1.29, 1.82) is 0 Å². The lowest BCUT2D eigenvalue weighted by Gasteiger charge is -2.38. The number of ether oxygens (including phenoxy) is 1. The van der Waals surface area contributed by atoms with E-state index in [-0.39, 0.29) is 17.7 Å². The minimum Gasteiger partial charge on any atom is -0.506 e. The van der Waals surface area contributed by atoms with Gasteiger partial charge in [-0.05, 0) is 63.3 Å². The summed E-state index contributed by atoms with van der Waals surface area (Å²) in [6.45, 7) is 10.4. The van der Waals surface area contributed by atoms with E-state index >= 15 is 0 Å². The van der Waals surface area contributed by atoms with Gasteiger partial charge < -0.3 is 14.7 Å². The number of rotatable bonds is 3. The van der Waals surface area contributed by atoms with Crippen molar-refractivity contribution in [3.05, 3.63) is 53.4 Å². The molecule has 1 aliphatic carbocycles. The monoisotopic (exact) mass is 464 g/mol. The van der Waals surface area contributed by atoms with Gasteiger partial charge in [0.2, 0.25) is 5.91 Å². The van der Waals surface area contributed by atoms with Gasteiger partial charge in [0.1, 0.15) is 17.0 Å². The van der Waals surface area contributed by atoms with Crippen molar-refractivity contribution in [3.63, 3.8) is 0 Å². The van der Waals surface area contributed by atoms with Crippen molar-refractivity contribution in [3.8, 4) is 11.4 Å². The van der Waals surface area contributed by atoms with Crippen LogP contribution in [0.25, 0.3) is 5.69 Å². The van der Waals surface area contributed by atoms with E-state index in [0.29, 0.717) is 44.1 Å². The Kier molecular flexibility index (Phi) is 5.41. The molecule has 0 radical (unpaired) electrons. The summed E-state index contributed by atoms with van der Waals surface area (Å²) in [6, 6.07) is 5.49. The average molecular weight is 465 g/mol. The maximum absolute atomic E-state index is 13.1. The molecule has 8 nitrogen and oxygen atoms in total. The fraction of sp³-hybridized carbons (Fsp3) is 0.500. The van der Waals surface area contributed by atoms with Gasteiger partial charge in [0.25, 0.3) is 0 Å². The number of aromatic hydroxyl groups is 1. The molecule has 1 aromatic carbocycles. The Labute approximate surface area is 199 Å². The second-order valence-corrected chi connectivity index (χ2v) is 10.4. The normalized spacial score (nSPS) is 19.9. The summed E-state index contributed by atoms with van der Waals surface area (Å²) >= 11 is 0. The summed E-state index contributed by atoms with van der Waals surface area (Å²) in [5.74, 6) is 0.600.